The summed E-state index contributed by atoms with van der Waals surface area (Å²) in [6.45, 7) is -0.426. The molecule has 0 atom stereocenters. The Morgan fingerprint density at radius 3 is 2.27 bits per heavy atom. The monoisotopic (exact) mass is 423 g/mol. The highest BCUT2D eigenvalue weighted by Crippen LogP contribution is 2.27. The van der Waals surface area contributed by atoms with Gasteiger partial charge in [0, 0.05) is 18.7 Å². The summed E-state index contributed by atoms with van der Waals surface area (Å²) in [4.78, 5) is 23.5. The van der Waals surface area contributed by atoms with E-state index in [1.165, 1.54) is 37.5 Å². The van der Waals surface area contributed by atoms with E-state index in [4.69, 9.17) is 9.84 Å². The highest BCUT2D eigenvalue weighted by Gasteiger charge is 2.21. The highest BCUT2D eigenvalue weighted by molar-refractivity contribution is 6.07. The van der Waals surface area contributed by atoms with Crippen molar-refractivity contribution in [2.45, 2.75) is 6.61 Å². The minimum absolute atomic E-state index is 0.00138. The zero-order valence-electron chi connectivity index (χ0n) is 15.2. The molecule has 0 saturated heterocycles. The van der Waals surface area contributed by atoms with Crippen LogP contribution in [0.15, 0.2) is 36.5 Å². The molecule has 3 rings (SSSR count). The summed E-state index contributed by atoms with van der Waals surface area (Å²) in [6.07, 6.45) is 1.19. The third-order valence-electron chi connectivity index (χ3n) is 4.06. The molecule has 0 aliphatic heterocycles. The summed E-state index contributed by atoms with van der Waals surface area (Å²) in [5.41, 5.74) is 0.289. The summed E-state index contributed by atoms with van der Waals surface area (Å²) in [5, 5.41) is 15.3. The van der Waals surface area contributed by atoms with E-state index in [9.17, 15) is 27.2 Å². The van der Waals surface area contributed by atoms with Crippen LogP contribution in [0.5, 0.6) is 5.75 Å². The number of hydrogen-bond donors (Lipinski definition) is 2. The Balaban J connectivity index is 1.70. The second-order valence-electron chi connectivity index (χ2n) is 6.07. The number of carboxylic acids is 1. The van der Waals surface area contributed by atoms with Crippen LogP contribution >= 0.6 is 0 Å². The quantitative estimate of drug-likeness (QED) is 0.468. The van der Waals surface area contributed by atoms with E-state index in [1.807, 2.05) is 0 Å². The van der Waals surface area contributed by atoms with Gasteiger partial charge in [-0.05, 0) is 17.7 Å². The van der Waals surface area contributed by atoms with Crippen molar-refractivity contribution in [1.82, 2.24) is 9.78 Å². The Kier molecular flexibility index (Phi) is 5.72. The molecule has 2 N–H and O–H groups in total. The van der Waals surface area contributed by atoms with Crippen molar-refractivity contribution < 1.29 is 37.0 Å². The number of aryl methyl sites for hydroxylation is 1. The molecule has 0 fully saturated rings. The number of hydrogen-bond acceptors (Lipinski definition) is 4. The highest BCUT2D eigenvalue weighted by atomic mass is 19.2. The van der Waals surface area contributed by atoms with Gasteiger partial charge < -0.3 is 15.2 Å². The molecule has 7 nitrogen and oxygen atoms in total. The molecule has 0 unspecified atom stereocenters. The maximum atomic E-state index is 13.6. The van der Waals surface area contributed by atoms with Gasteiger partial charge >= 0.3 is 5.97 Å². The lowest BCUT2D eigenvalue weighted by Gasteiger charge is -2.10. The Morgan fingerprint density at radius 1 is 1.10 bits per heavy atom. The van der Waals surface area contributed by atoms with Gasteiger partial charge in [0.05, 0.1) is 11.9 Å². The fourth-order valence-electron chi connectivity index (χ4n) is 2.56. The first-order chi connectivity index (χ1) is 14.2. The number of carbonyl (C=O) groups is 2. The van der Waals surface area contributed by atoms with Gasteiger partial charge in [-0.2, -0.15) is 13.9 Å². The number of carbonyl (C=O) groups excluding carboxylic acids is 1. The van der Waals surface area contributed by atoms with Crippen molar-refractivity contribution in [2.75, 3.05) is 5.32 Å². The number of carboxylic acid groups (broad SMARTS) is 1. The van der Waals surface area contributed by atoms with Gasteiger partial charge in [0.1, 0.15) is 6.61 Å². The number of benzene rings is 2. The van der Waals surface area contributed by atoms with Crippen LogP contribution in [0, 0.1) is 23.3 Å². The summed E-state index contributed by atoms with van der Waals surface area (Å²) >= 11 is 0. The zero-order valence-corrected chi connectivity index (χ0v) is 15.2. The number of aromatic carboxylic acids is 1. The lowest BCUT2D eigenvalue weighted by Crippen LogP contribution is -2.15. The van der Waals surface area contributed by atoms with Crippen LogP contribution in [0.4, 0.5) is 23.2 Å². The number of aromatic nitrogens is 2. The van der Waals surface area contributed by atoms with Crippen molar-refractivity contribution in [1.29, 1.82) is 0 Å². The number of amides is 1. The molecule has 1 amide bonds. The molecule has 3 aromatic rings. The molecule has 30 heavy (non-hydrogen) atoms. The van der Waals surface area contributed by atoms with Crippen molar-refractivity contribution in [2.24, 2.45) is 7.05 Å². The van der Waals surface area contributed by atoms with Crippen LogP contribution in [0.1, 0.15) is 26.4 Å². The van der Waals surface area contributed by atoms with Crippen molar-refractivity contribution in [3.63, 3.8) is 0 Å². The standard InChI is InChI=1S/C19H13F4N3O4/c1-26-16(19(28)29)13(7-24-26)25-18(27)10-4-2-9(3-5-10)8-30-17-14(22)11(20)6-12(21)15(17)23/h2-7H,8H2,1H3,(H,25,27)(H,28,29). The van der Waals surface area contributed by atoms with E-state index in [-0.39, 0.29) is 23.0 Å². The van der Waals surface area contributed by atoms with Crippen LogP contribution < -0.4 is 10.1 Å². The maximum Gasteiger partial charge on any atom is 0.356 e. The molecule has 0 aliphatic rings. The predicted molar refractivity (Wildman–Crippen MR) is 95.2 cm³/mol. The van der Waals surface area contributed by atoms with Crippen LogP contribution in [0.2, 0.25) is 0 Å². The Morgan fingerprint density at radius 2 is 1.70 bits per heavy atom. The molecule has 1 heterocycles. The maximum absolute atomic E-state index is 13.6. The molecule has 0 radical (unpaired) electrons. The van der Waals surface area contributed by atoms with Crippen molar-refractivity contribution in [3.8, 4) is 5.75 Å². The first kappa shape index (κ1) is 20.8. The largest absolute Gasteiger partial charge is 0.483 e. The van der Waals surface area contributed by atoms with E-state index in [2.05, 4.69) is 10.4 Å². The smallest absolute Gasteiger partial charge is 0.356 e. The molecule has 0 bridgehead atoms. The van der Waals surface area contributed by atoms with Gasteiger partial charge in [-0.25, -0.2) is 13.6 Å². The van der Waals surface area contributed by atoms with Crippen molar-refractivity contribution in [3.05, 3.63) is 76.6 Å². The molecule has 0 saturated carbocycles. The number of rotatable bonds is 6. The number of ether oxygens (including phenoxy) is 1. The van der Waals surface area contributed by atoms with Gasteiger partial charge in [0.25, 0.3) is 5.91 Å². The van der Waals surface area contributed by atoms with E-state index in [0.29, 0.717) is 5.56 Å². The third-order valence-corrected chi connectivity index (χ3v) is 4.06. The van der Waals surface area contributed by atoms with Gasteiger partial charge in [-0.1, -0.05) is 12.1 Å². The zero-order chi connectivity index (χ0) is 22.0. The summed E-state index contributed by atoms with van der Waals surface area (Å²) < 4.78 is 59.5. The van der Waals surface area contributed by atoms with E-state index < -0.39 is 47.5 Å². The fourth-order valence-corrected chi connectivity index (χ4v) is 2.56. The molecule has 2 aromatic carbocycles. The topological polar surface area (TPSA) is 93.5 Å². The molecule has 11 heteroatoms. The SMILES string of the molecule is Cn1ncc(NC(=O)c2ccc(COc3c(F)c(F)cc(F)c3F)cc2)c1C(=O)O. The first-order valence-electron chi connectivity index (χ1n) is 8.30. The number of halogens is 4. The van der Waals surface area contributed by atoms with Gasteiger partial charge in [0.15, 0.2) is 23.1 Å². The number of nitrogens with zero attached hydrogens (tertiary/aromatic N) is 2. The number of nitrogens with one attached hydrogen (secondary N) is 1. The van der Waals surface area contributed by atoms with Crippen LogP contribution in [-0.4, -0.2) is 26.8 Å². The Hall–Kier alpha value is -3.89. The molecule has 1 aromatic heterocycles. The van der Waals surface area contributed by atoms with Gasteiger partial charge in [0.2, 0.25) is 11.6 Å². The molecule has 0 spiro atoms. The second-order valence-corrected chi connectivity index (χ2v) is 6.07. The number of anilines is 1. The van der Waals surface area contributed by atoms with Gasteiger partial charge in [-0.3, -0.25) is 9.48 Å². The Labute approximate surface area is 166 Å². The van der Waals surface area contributed by atoms with E-state index in [0.717, 1.165) is 4.68 Å². The summed E-state index contributed by atoms with van der Waals surface area (Å²) in [7, 11) is 1.41. The normalized spacial score (nSPS) is 10.7. The summed E-state index contributed by atoms with van der Waals surface area (Å²) in [5.74, 6) is -9.58. The molecule has 0 aliphatic carbocycles. The van der Waals surface area contributed by atoms with E-state index >= 15 is 0 Å². The second kappa shape index (κ2) is 8.23. The minimum atomic E-state index is -1.66. The lowest BCUT2D eigenvalue weighted by atomic mass is 10.1. The van der Waals surface area contributed by atoms with E-state index in [1.54, 1.807) is 0 Å². The van der Waals surface area contributed by atoms with Crippen LogP contribution in [0.25, 0.3) is 0 Å². The fraction of sp³-hybridized carbons (Fsp3) is 0.105. The lowest BCUT2D eigenvalue weighted by molar-refractivity contribution is 0.0686. The predicted octanol–water partition coefficient (Wildman–Crippen LogP) is 3.51. The first-order valence-corrected chi connectivity index (χ1v) is 8.30. The van der Waals surface area contributed by atoms with Crippen molar-refractivity contribution >= 4 is 17.6 Å². The molecule has 156 valence electrons. The molecular weight excluding hydrogens is 410 g/mol. The minimum Gasteiger partial charge on any atom is -0.483 e. The molecular formula is C19H13F4N3O4. The van der Waals surface area contributed by atoms with Crippen LogP contribution in [-0.2, 0) is 13.7 Å². The summed E-state index contributed by atoms with van der Waals surface area (Å²) in [6, 6.07) is 5.56. The van der Waals surface area contributed by atoms with Gasteiger partial charge in [-0.15, -0.1) is 0 Å². The average Bonchev–Trinajstić information content (AvgIpc) is 3.07. The Bertz CT molecular complexity index is 1100. The third kappa shape index (κ3) is 4.09. The average molecular weight is 423 g/mol. The van der Waals surface area contributed by atoms with Crippen LogP contribution in [0.3, 0.4) is 0 Å².